The number of likely N-dealkylation sites (tertiary alicyclic amines) is 1. The van der Waals surface area contributed by atoms with E-state index in [0.29, 0.717) is 19.1 Å². The fraction of sp³-hybridized carbons (Fsp3) is 0.875. The van der Waals surface area contributed by atoms with Crippen LogP contribution in [0.25, 0.3) is 0 Å². The molecule has 0 radical (unpaired) electrons. The van der Waals surface area contributed by atoms with Crippen molar-refractivity contribution in [2.75, 3.05) is 27.2 Å². The van der Waals surface area contributed by atoms with Crippen LogP contribution in [0.4, 0.5) is 9.59 Å². The van der Waals surface area contributed by atoms with E-state index in [-0.39, 0.29) is 18.0 Å². The number of carbonyl (C=O) groups is 2. The maximum atomic E-state index is 12.7. The van der Waals surface area contributed by atoms with Crippen molar-refractivity contribution in [3.63, 3.8) is 0 Å². The average molecular weight is 311 g/mol. The van der Waals surface area contributed by atoms with Crippen molar-refractivity contribution in [2.24, 2.45) is 5.92 Å². The van der Waals surface area contributed by atoms with Gasteiger partial charge in [0.15, 0.2) is 0 Å². The first-order valence-corrected chi connectivity index (χ1v) is 8.39. The first kappa shape index (κ1) is 16.9. The summed E-state index contributed by atoms with van der Waals surface area (Å²) >= 11 is 0. The number of carboxylic acid groups (broad SMARTS) is 1. The molecule has 0 aromatic heterocycles. The first-order valence-electron chi connectivity index (χ1n) is 8.39. The lowest BCUT2D eigenvalue weighted by atomic mass is 9.87. The number of rotatable bonds is 2. The second-order valence-electron chi connectivity index (χ2n) is 6.94. The Morgan fingerprint density at radius 1 is 1.09 bits per heavy atom. The average Bonchev–Trinajstić information content (AvgIpc) is 2.49. The van der Waals surface area contributed by atoms with E-state index in [0.717, 1.165) is 19.3 Å². The summed E-state index contributed by atoms with van der Waals surface area (Å²) in [5.41, 5.74) is 0. The molecule has 0 unspecified atom stereocenters. The molecule has 0 spiro atoms. The van der Waals surface area contributed by atoms with Crippen molar-refractivity contribution in [1.29, 1.82) is 0 Å². The maximum absolute atomic E-state index is 12.7. The molecule has 1 N–H and O–H groups in total. The van der Waals surface area contributed by atoms with E-state index in [4.69, 9.17) is 5.11 Å². The molecule has 2 fully saturated rings. The van der Waals surface area contributed by atoms with Gasteiger partial charge in [0.25, 0.3) is 0 Å². The first-order chi connectivity index (χ1) is 10.4. The molecule has 3 amide bonds. The highest BCUT2D eigenvalue weighted by molar-refractivity contribution is 5.74. The van der Waals surface area contributed by atoms with Crippen LogP contribution in [0, 0.1) is 5.92 Å². The molecule has 0 aromatic rings. The highest BCUT2D eigenvalue weighted by atomic mass is 16.4. The lowest BCUT2D eigenvalue weighted by Crippen LogP contribution is -2.58. The zero-order chi connectivity index (χ0) is 16.3. The molecule has 6 nitrogen and oxygen atoms in total. The number of hydrogen-bond donors (Lipinski definition) is 1. The van der Waals surface area contributed by atoms with Crippen molar-refractivity contribution in [3.05, 3.63) is 0 Å². The third-order valence-corrected chi connectivity index (χ3v) is 5.06. The molecule has 1 saturated heterocycles. The molecule has 2 aliphatic rings. The lowest BCUT2D eigenvalue weighted by molar-refractivity contribution is 0.0404. The number of nitrogens with zero attached hydrogens (tertiary/aromatic N) is 3. The van der Waals surface area contributed by atoms with Crippen molar-refractivity contribution in [2.45, 2.75) is 57.5 Å². The Morgan fingerprint density at radius 3 is 2.23 bits per heavy atom. The number of amides is 3. The van der Waals surface area contributed by atoms with Gasteiger partial charge in [0.05, 0.1) is 0 Å². The minimum Gasteiger partial charge on any atom is -0.465 e. The molecule has 22 heavy (non-hydrogen) atoms. The predicted octanol–water partition coefficient (Wildman–Crippen LogP) is 2.69. The van der Waals surface area contributed by atoms with Crippen molar-refractivity contribution in [1.82, 2.24) is 14.7 Å². The quantitative estimate of drug-likeness (QED) is 0.853. The second kappa shape index (κ2) is 7.20. The third kappa shape index (κ3) is 3.65. The summed E-state index contributed by atoms with van der Waals surface area (Å²) in [5.74, 6) is 0.177. The Kier molecular flexibility index (Phi) is 5.53. The monoisotopic (exact) mass is 311 g/mol. The van der Waals surface area contributed by atoms with Crippen LogP contribution in [0.3, 0.4) is 0 Å². The van der Waals surface area contributed by atoms with E-state index < -0.39 is 6.09 Å². The summed E-state index contributed by atoms with van der Waals surface area (Å²) in [4.78, 5) is 29.1. The van der Waals surface area contributed by atoms with Gasteiger partial charge in [0.2, 0.25) is 0 Å². The highest BCUT2D eigenvalue weighted by Gasteiger charge is 2.38. The van der Waals surface area contributed by atoms with E-state index in [1.54, 1.807) is 19.0 Å². The Labute approximate surface area is 133 Å². The molecule has 1 aliphatic heterocycles. The van der Waals surface area contributed by atoms with Gasteiger partial charge in [0.1, 0.15) is 0 Å². The molecule has 6 heteroatoms. The third-order valence-electron chi connectivity index (χ3n) is 5.06. The van der Waals surface area contributed by atoms with Crippen LogP contribution in [0.15, 0.2) is 0 Å². The molecular formula is C16H29N3O3. The molecule has 1 heterocycles. The minimum absolute atomic E-state index is 0.0764. The summed E-state index contributed by atoms with van der Waals surface area (Å²) in [6, 6.07) is 0.536. The van der Waals surface area contributed by atoms with E-state index >= 15 is 0 Å². The number of urea groups is 1. The summed E-state index contributed by atoms with van der Waals surface area (Å²) in [5, 5.41) is 9.16. The van der Waals surface area contributed by atoms with E-state index in [1.165, 1.54) is 24.2 Å². The molecule has 0 bridgehead atoms. The van der Waals surface area contributed by atoms with Crippen LogP contribution in [0.5, 0.6) is 0 Å². The van der Waals surface area contributed by atoms with E-state index in [9.17, 15) is 9.59 Å². The van der Waals surface area contributed by atoms with E-state index in [1.807, 2.05) is 0 Å². The summed E-state index contributed by atoms with van der Waals surface area (Å²) < 4.78 is 0. The maximum Gasteiger partial charge on any atom is 0.407 e. The zero-order valence-corrected chi connectivity index (χ0v) is 14.0. The van der Waals surface area contributed by atoms with Gasteiger partial charge in [-0.15, -0.1) is 0 Å². The molecule has 1 saturated carbocycles. The van der Waals surface area contributed by atoms with Crippen LogP contribution in [-0.2, 0) is 0 Å². The van der Waals surface area contributed by atoms with Gasteiger partial charge in [0, 0.05) is 39.3 Å². The fourth-order valence-electron chi connectivity index (χ4n) is 3.88. The number of carbonyl (C=O) groups excluding carboxylic acids is 1. The minimum atomic E-state index is -0.853. The molecule has 2 atom stereocenters. The standard InChI is InChI=1S/C16H29N3O3/c1-12-11-18(16(21)22)10-9-14(12)19(15(20)17(2)3)13-7-5-4-6-8-13/h12-14H,4-11H2,1-3H3,(H,21,22)/t12-,14-/m0/s1. The van der Waals surface area contributed by atoms with Gasteiger partial charge in [-0.05, 0) is 25.2 Å². The van der Waals surface area contributed by atoms with Gasteiger partial charge < -0.3 is 19.8 Å². The Hall–Kier alpha value is -1.46. The summed E-state index contributed by atoms with van der Waals surface area (Å²) in [6.45, 7) is 3.11. The highest BCUT2D eigenvalue weighted by Crippen LogP contribution is 2.30. The van der Waals surface area contributed by atoms with Crippen molar-refractivity contribution in [3.8, 4) is 0 Å². The normalized spacial score (nSPS) is 26.6. The van der Waals surface area contributed by atoms with Crippen LogP contribution in [0.1, 0.15) is 45.4 Å². The SMILES string of the molecule is C[C@H]1CN(C(=O)O)CC[C@@H]1N(C(=O)N(C)C)C1CCCCC1. The van der Waals surface area contributed by atoms with Gasteiger partial charge in [-0.3, -0.25) is 0 Å². The van der Waals surface area contributed by atoms with Crippen molar-refractivity contribution < 1.29 is 14.7 Å². The van der Waals surface area contributed by atoms with Crippen molar-refractivity contribution >= 4 is 12.1 Å². The molecule has 126 valence electrons. The van der Waals surface area contributed by atoms with Crippen LogP contribution < -0.4 is 0 Å². The molecule has 0 aromatic carbocycles. The van der Waals surface area contributed by atoms with Gasteiger partial charge >= 0.3 is 12.1 Å². The molecule has 1 aliphatic carbocycles. The molecule has 2 rings (SSSR count). The summed E-state index contributed by atoms with van der Waals surface area (Å²) in [6.07, 6.45) is 5.66. The smallest absolute Gasteiger partial charge is 0.407 e. The predicted molar refractivity (Wildman–Crippen MR) is 85.0 cm³/mol. The van der Waals surface area contributed by atoms with Gasteiger partial charge in [-0.1, -0.05) is 26.2 Å². The summed E-state index contributed by atoms with van der Waals surface area (Å²) in [7, 11) is 3.60. The second-order valence-corrected chi connectivity index (χ2v) is 6.94. The fourth-order valence-corrected chi connectivity index (χ4v) is 3.88. The van der Waals surface area contributed by atoms with Crippen LogP contribution in [0.2, 0.25) is 0 Å². The zero-order valence-electron chi connectivity index (χ0n) is 14.0. The van der Waals surface area contributed by atoms with Crippen LogP contribution >= 0.6 is 0 Å². The van der Waals surface area contributed by atoms with E-state index in [2.05, 4.69) is 11.8 Å². The Bertz CT molecular complexity index is 407. The number of piperidine rings is 1. The Morgan fingerprint density at radius 2 is 1.73 bits per heavy atom. The topological polar surface area (TPSA) is 64.1 Å². The largest absolute Gasteiger partial charge is 0.465 e. The number of hydrogen-bond acceptors (Lipinski definition) is 2. The van der Waals surface area contributed by atoms with Gasteiger partial charge in [-0.2, -0.15) is 0 Å². The van der Waals surface area contributed by atoms with Gasteiger partial charge in [-0.25, -0.2) is 9.59 Å². The van der Waals surface area contributed by atoms with Crippen LogP contribution in [-0.4, -0.2) is 71.2 Å². The molecular weight excluding hydrogens is 282 g/mol. The Balaban J connectivity index is 2.14. The lowest BCUT2D eigenvalue weighted by Gasteiger charge is -2.47.